The summed E-state index contributed by atoms with van der Waals surface area (Å²) in [4.78, 5) is 29.6. The third-order valence-corrected chi connectivity index (χ3v) is 13.4. The number of hydrogen-bond acceptors (Lipinski definition) is 4. The molecule has 0 unspecified atom stereocenters. The van der Waals surface area contributed by atoms with Crippen LogP contribution in [0.1, 0.15) is 202 Å². The van der Waals surface area contributed by atoms with Gasteiger partial charge in [-0.05, 0) is 180 Å². The highest BCUT2D eigenvalue weighted by atomic mass is 14.8. The maximum absolute atomic E-state index is 5.45. The minimum absolute atomic E-state index is 0.912. The van der Waals surface area contributed by atoms with Gasteiger partial charge < -0.3 is 9.97 Å². The van der Waals surface area contributed by atoms with Crippen LogP contribution >= 0.6 is 0 Å². The zero-order valence-corrected chi connectivity index (χ0v) is 38.7. The summed E-state index contributed by atoms with van der Waals surface area (Å²) in [7, 11) is 0. The van der Waals surface area contributed by atoms with Crippen LogP contribution in [0, 0.1) is 0 Å². The van der Waals surface area contributed by atoms with E-state index in [-0.39, 0.29) is 0 Å². The highest BCUT2D eigenvalue weighted by Crippen LogP contribution is 2.42. The van der Waals surface area contributed by atoms with Crippen LogP contribution in [0.4, 0.5) is 0 Å². The smallest absolute Gasteiger partial charge is 0.0694 e. The van der Waals surface area contributed by atoms with Crippen LogP contribution in [0.15, 0.2) is 36.4 Å². The first-order chi connectivity index (χ1) is 29.2. The van der Waals surface area contributed by atoms with Crippen molar-refractivity contribution in [1.29, 1.82) is 0 Å². The fourth-order valence-corrected chi connectivity index (χ4v) is 10.6. The highest BCUT2D eigenvalue weighted by Gasteiger charge is 2.25. The maximum atomic E-state index is 5.45. The summed E-state index contributed by atoms with van der Waals surface area (Å²) < 4.78 is 0. The van der Waals surface area contributed by atoms with Crippen molar-refractivity contribution in [2.24, 2.45) is 0 Å². The topological polar surface area (TPSA) is 83.1 Å². The fraction of sp³-hybridized carbons (Fsp3) is 0.444. The van der Waals surface area contributed by atoms with Crippen molar-refractivity contribution in [3.05, 3.63) is 104 Å². The molecular weight excluding hydrogens is 733 g/mol. The number of H-pyrrole nitrogens is 2. The van der Waals surface area contributed by atoms with Crippen molar-refractivity contribution in [1.82, 2.24) is 29.9 Å². The van der Waals surface area contributed by atoms with Crippen molar-refractivity contribution in [2.45, 2.75) is 160 Å². The van der Waals surface area contributed by atoms with Crippen LogP contribution < -0.4 is 0 Å². The monoisotopic (exact) mass is 801 g/mol. The zero-order valence-electron chi connectivity index (χ0n) is 38.7. The van der Waals surface area contributed by atoms with Gasteiger partial charge in [0.2, 0.25) is 0 Å². The van der Waals surface area contributed by atoms with E-state index in [1.54, 1.807) is 0 Å². The van der Waals surface area contributed by atoms with Crippen LogP contribution in [0.5, 0.6) is 0 Å². The van der Waals surface area contributed by atoms with Gasteiger partial charge >= 0.3 is 0 Å². The highest BCUT2D eigenvalue weighted by molar-refractivity contribution is 5.98. The summed E-state index contributed by atoms with van der Waals surface area (Å²) >= 11 is 0. The Balaban J connectivity index is 1.68. The Kier molecular flexibility index (Phi) is 13.1. The summed E-state index contributed by atoms with van der Waals surface area (Å²) in [6, 6.07) is 13.9. The van der Waals surface area contributed by atoms with Gasteiger partial charge in [-0.15, -0.1) is 0 Å². The van der Waals surface area contributed by atoms with E-state index >= 15 is 0 Å². The molecule has 4 aliphatic heterocycles. The van der Waals surface area contributed by atoms with Crippen LogP contribution in [0.3, 0.4) is 0 Å². The number of aromatic nitrogens is 6. The van der Waals surface area contributed by atoms with E-state index in [2.05, 4.69) is 129 Å². The van der Waals surface area contributed by atoms with Crippen molar-refractivity contribution in [3.63, 3.8) is 0 Å². The van der Waals surface area contributed by atoms with E-state index in [1.807, 2.05) is 0 Å². The molecule has 314 valence electrons. The van der Waals surface area contributed by atoms with Gasteiger partial charge in [-0.2, -0.15) is 0 Å². The number of aryl methyl sites for hydroxylation is 4. The van der Waals surface area contributed by atoms with Crippen molar-refractivity contribution in [3.8, 4) is 0 Å². The second kappa shape index (κ2) is 18.3. The van der Waals surface area contributed by atoms with Gasteiger partial charge in [0.1, 0.15) is 0 Å². The predicted molar refractivity (Wildman–Crippen MR) is 259 cm³/mol. The molecule has 0 amide bonds. The van der Waals surface area contributed by atoms with E-state index in [1.165, 1.54) is 88.9 Å². The summed E-state index contributed by atoms with van der Waals surface area (Å²) in [6.07, 6.45) is 11.1. The van der Waals surface area contributed by atoms with Crippen molar-refractivity contribution < 1.29 is 0 Å². The van der Waals surface area contributed by atoms with Gasteiger partial charge in [0.25, 0.3) is 0 Å². The molecule has 0 fully saturated rings. The van der Waals surface area contributed by atoms with Gasteiger partial charge in [-0.1, -0.05) is 83.1 Å². The Morgan fingerprint density at radius 2 is 0.433 bits per heavy atom. The first-order valence-electron chi connectivity index (χ1n) is 23.5. The second-order valence-electron chi connectivity index (χ2n) is 16.3. The molecule has 0 saturated heterocycles. The SMILES string of the molecule is CCC1=C(CC)c2cc3nc(cc4[nH]c(cc5[nH]c(cc6nc(cc7nc(cc1n2)C(CC)=C7CC)C(CC)=C6CC)c(CC)c5CC)c(CC)c4CC)C(CC)=C3CC. The molecule has 60 heavy (non-hydrogen) atoms. The van der Waals surface area contributed by atoms with Gasteiger partial charge in [-0.3, -0.25) is 0 Å². The summed E-state index contributed by atoms with van der Waals surface area (Å²) in [5, 5.41) is 0. The molecule has 4 aliphatic rings. The molecule has 0 radical (unpaired) electrons. The van der Waals surface area contributed by atoms with Crippen LogP contribution in [-0.2, 0) is 25.7 Å². The number of aromatic amines is 2. The number of rotatable bonds is 12. The molecule has 2 N–H and O–H groups in total. The molecule has 0 atom stereocenters. The average Bonchev–Trinajstić information content (AvgIpc) is 4.09. The molecule has 3 aromatic rings. The lowest BCUT2D eigenvalue weighted by Gasteiger charge is -2.05. The van der Waals surface area contributed by atoms with Crippen LogP contribution in [0.2, 0.25) is 0 Å². The first-order valence-corrected chi connectivity index (χ1v) is 23.5. The van der Waals surface area contributed by atoms with Gasteiger partial charge in [0.15, 0.2) is 0 Å². The summed E-state index contributed by atoms with van der Waals surface area (Å²) in [5.74, 6) is 0. The number of fused-ring (bicyclic) bond motifs is 12. The molecular formula is C54H68N6. The molecule has 0 saturated carbocycles. The van der Waals surface area contributed by atoms with E-state index in [0.29, 0.717) is 0 Å². The molecule has 7 heterocycles. The Hall–Kier alpha value is -5.10. The second-order valence-corrected chi connectivity index (χ2v) is 16.3. The van der Waals surface area contributed by atoms with Crippen LogP contribution in [0.25, 0.3) is 66.7 Å². The largest absolute Gasteiger partial charge is 0.355 e. The predicted octanol–water partition coefficient (Wildman–Crippen LogP) is 15.2. The standard InChI is InChI=1S/C54H68N6/c1-13-31-32(14-2)44-26-46-35(17-5)36(18-6)48(57-46)28-50-39(21-9)40(22-10)52(59-50)30-54-42(24-12)41(23-11)53(60-54)29-51-38(20-8)37(19-7)49(58-51)27-47-34(16-4)33(15-3)45(56-47)25-43(31)55-44/h25-30,55-56H,13-24H2,1-12H3. The van der Waals surface area contributed by atoms with E-state index in [9.17, 15) is 0 Å². The van der Waals surface area contributed by atoms with E-state index < -0.39 is 0 Å². The molecule has 7 rings (SSSR count). The third kappa shape index (κ3) is 7.39. The lowest BCUT2D eigenvalue weighted by Crippen LogP contribution is -1.87. The Morgan fingerprint density at radius 3 is 0.617 bits per heavy atom. The lowest BCUT2D eigenvalue weighted by molar-refractivity contribution is 1.07. The quantitative estimate of drug-likeness (QED) is 0.191. The molecule has 0 spiro atoms. The Morgan fingerprint density at radius 1 is 0.250 bits per heavy atom. The first kappa shape index (κ1) is 43.0. The van der Waals surface area contributed by atoms with Crippen molar-refractivity contribution in [2.75, 3.05) is 0 Å². The molecule has 3 aromatic heterocycles. The molecule has 6 nitrogen and oxygen atoms in total. The fourth-order valence-electron chi connectivity index (χ4n) is 10.6. The van der Waals surface area contributed by atoms with Gasteiger partial charge in [-0.25, -0.2) is 19.9 Å². The molecule has 0 aromatic carbocycles. The number of nitrogens with one attached hydrogen (secondary N) is 2. The van der Waals surface area contributed by atoms with E-state index in [0.717, 1.165) is 123 Å². The number of hydrogen-bond donors (Lipinski definition) is 2. The summed E-state index contributed by atoms with van der Waals surface area (Å²) in [5.41, 5.74) is 29.1. The Labute approximate surface area is 359 Å². The number of allylic oxidation sites excluding steroid dienone is 8. The Bertz CT molecular complexity index is 2490. The molecule has 0 aliphatic carbocycles. The average molecular weight is 801 g/mol. The maximum Gasteiger partial charge on any atom is 0.0694 e. The number of nitrogens with zero attached hydrogens (tertiary/aromatic N) is 4. The minimum Gasteiger partial charge on any atom is -0.355 e. The lowest BCUT2D eigenvalue weighted by atomic mass is 9.96. The van der Waals surface area contributed by atoms with Gasteiger partial charge in [0.05, 0.1) is 45.6 Å². The van der Waals surface area contributed by atoms with Crippen molar-refractivity contribution >= 4 is 66.7 Å². The summed E-state index contributed by atoms with van der Waals surface area (Å²) in [6.45, 7) is 27.2. The minimum atomic E-state index is 0.912. The van der Waals surface area contributed by atoms with Gasteiger partial charge in [0, 0.05) is 22.1 Å². The normalized spacial score (nSPS) is 14.2. The third-order valence-electron chi connectivity index (χ3n) is 13.4. The van der Waals surface area contributed by atoms with E-state index in [4.69, 9.17) is 19.9 Å². The molecule has 12 bridgehead atoms. The zero-order chi connectivity index (χ0) is 42.8. The molecule has 6 heteroatoms. The van der Waals surface area contributed by atoms with Crippen LogP contribution in [-0.4, -0.2) is 29.9 Å².